The molecule has 0 spiro atoms. The van der Waals surface area contributed by atoms with Crippen molar-refractivity contribution in [3.8, 4) is 0 Å². The van der Waals surface area contributed by atoms with Gasteiger partial charge in [0.2, 0.25) is 0 Å². The van der Waals surface area contributed by atoms with Gasteiger partial charge >= 0.3 is 6.03 Å². The predicted molar refractivity (Wildman–Crippen MR) is 57.0 cm³/mol. The molecule has 14 heavy (non-hydrogen) atoms. The van der Waals surface area contributed by atoms with Crippen molar-refractivity contribution < 1.29 is 4.79 Å². The fraction of sp³-hybridized carbons (Fsp3) is 0.900. The minimum Gasteiger partial charge on any atom is -0.338 e. The molecule has 0 radical (unpaired) electrons. The molecule has 0 aliphatic heterocycles. The monoisotopic (exact) mass is 199 g/mol. The summed E-state index contributed by atoms with van der Waals surface area (Å²) in [4.78, 5) is 11.3. The summed E-state index contributed by atoms with van der Waals surface area (Å²) in [6.45, 7) is 3.63. The van der Waals surface area contributed by atoms with Gasteiger partial charge in [-0.25, -0.2) is 4.79 Å². The fourth-order valence-corrected chi connectivity index (χ4v) is 1.66. The number of nitrogens with one attached hydrogen (secondary N) is 2. The van der Waals surface area contributed by atoms with Gasteiger partial charge in [0, 0.05) is 12.6 Å². The van der Waals surface area contributed by atoms with Crippen LogP contribution in [0.25, 0.3) is 0 Å². The van der Waals surface area contributed by atoms with E-state index < -0.39 is 0 Å². The minimum atomic E-state index is -0.0288. The van der Waals surface area contributed by atoms with Gasteiger partial charge in [-0.1, -0.05) is 13.3 Å². The van der Waals surface area contributed by atoms with Crippen LogP contribution in [0.5, 0.6) is 0 Å². The molecule has 0 heterocycles. The molecule has 1 aliphatic carbocycles. The van der Waals surface area contributed by atoms with Crippen LogP contribution < -0.4 is 16.4 Å². The molecule has 0 atom stereocenters. The van der Waals surface area contributed by atoms with E-state index in [9.17, 15) is 4.79 Å². The molecular formula is C10H21N3O. The molecule has 82 valence electrons. The lowest BCUT2D eigenvalue weighted by atomic mass is 9.80. The van der Waals surface area contributed by atoms with Crippen molar-refractivity contribution in [1.29, 1.82) is 0 Å². The van der Waals surface area contributed by atoms with Crippen LogP contribution in [0.15, 0.2) is 0 Å². The Labute approximate surface area is 85.6 Å². The average Bonchev–Trinajstić information content (AvgIpc) is 2.11. The fourth-order valence-electron chi connectivity index (χ4n) is 1.66. The average molecular weight is 199 g/mol. The smallest absolute Gasteiger partial charge is 0.315 e. The van der Waals surface area contributed by atoms with E-state index >= 15 is 0 Å². The summed E-state index contributed by atoms with van der Waals surface area (Å²) in [6.07, 6.45) is 4.23. The molecule has 0 aromatic carbocycles. The maximum absolute atomic E-state index is 11.3. The lowest BCUT2D eigenvalue weighted by Gasteiger charge is -2.34. The van der Waals surface area contributed by atoms with Crippen LogP contribution in [0.4, 0.5) is 4.79 Å². The Kier molecular flexibility index (Phi) is 4.73. The predicted octanol–water partition coefficient (Wildman–Crippen LogP) is 0.823. The second-order valence-electron chi connectivity index (χ2n) is 4.02. The highest BCUT2D eigenvalue weighted by Crippen LogP contribution is 2.25. The second-order valence-corrected chi connectivity index (χ2v) is 4.02. The van der Waals surface area contributed by atoms with Crippen molar-refractivity contribution in [2.24, 2.45) is 11.7 Å². The first-order chi connectivity index (χ1) is 6.76. The van der Waals surface area contributed by atoms with Crippen molar-refractivity contribution in [2.75, 3.05) is 13.1 Å². The van der Waals surface area contributed by atoms with E-state index in [1.807, 2.05) is 0 Å². The number of hydrogen-bond donors (Lipinski definition) is 3. The molecule has 4 heteroatoms. The summed E-state index contributed by atoms with van der Waals surface area (Å²) >= 11 is 0. The van der Waals surface area contributed by atoms with E-state index in [4.69, 9.17) is 5.73 Å². The molecule has 4 nitrogen and oxygen atoms in total. The minimum absolute atomic E-state index is 0.0288. The number of rotatable bonds is 5. The summed E-state index contributed by atoms with van der Waals surface area (Å²) in [5.74, 6) is 0.621. The molecule has 1 fully saturated rings. The number of carbonyl (C=O) groups is 1. The zero-order chi connectivity index (χ0) is 10.4. The maximum Gasteiger partial charge on any atom is 0.315 e. The van der Waals surface area contributed by atoms with E-state index in [2.05, 4.69) is 17.6 Å². The molecule has 2 amide bonds. The Morgan fingerprint density at radius 3 is 2.79 bits per heavy atom. The summed E-state index contributed by atoms with van der Waals surface area (Å²) in [7, 11) is 0. The van der Waals surface area contributed by atoms with Gasteiger partial charge in [-0.2, -0.15) is 0 Å². The van der Waals surface area contributed by atoms with Gasteiger partial charge in [0.1, 0.15) is 0 Å². The van der Waals surface area contributed by atoms with Crippen LogP contribution in [0.3, 0.4) is 0 Å². The van der Waals surface area contributed by atoms with E-state index in [0.717, 1.165) is 38.8 Å². The topological polar surface area (TPSA) is 67.2 Å². The molecule has 0 aromatic rings. The Morgan fingerprint density at radius 2 is 2.21 bits per heavy atom. The summed E-state index contributed by atoms with van der Waals surface area (Å²) in [6, 6.07) is 0.323. The Hall–Kier alpha value is -0.770. The molecular weight excluding hydrogens is 178 g/mol. The van der Waals surface area contributed by atoms with Crippen LogP contribution in [-0.2, 0) is 0 Å². The summed E-state index contributed by atoms with van der Waals surface area (Å²) < 4.78 is 0. The third-order valence-corrected chi connectivity index (χ3v) is 2.72. The summed E-state index contributed by atoms with van der Waals surface area (Å²) in [5, 5.41) is 5.77. The van der Waals surface area contributed by atoms with Gasteiger partial charge in [0.15, 0.2) is 0 Å². The molecule has 1 aliphatic rings. The Morgan fingerprint density at radius 1 is 1.50 bits per heavy atom. The first-order valence-corrected chi connectivity index (χ1v) is 5.50. The SMILES string of the molecule is CCCCNC(=O)NC1CC(CN)C1. The van der Waals surface area contributed by atoms with E-state index in [-0.39, 0.29) is 6.03 Å². The molecule has 0 saturated heterocycles. The highest BCUT2D eigenvalue weighted by Gasteiger charge is 2.28. The van der Waals surface area contributed by atoms with Crippen LogP contribution in [0, 0.1) is 5.92 Å². The standard InChI is InChI=1S/C10H21N3O/c1-2-3-4-12-10(14)13-9-5-8(6-9)7-11/h8-9H,2-7,11H2,1H3,(H2,12,13,14). The van der Waals surface area contributed by atoms with E-state index in [1.54, 1.807) is 0 Å². The van der Waals surface area contributed by atoms with Gasteiger partial charge in [0.25, 0.3) is 0 Å². The molecule has 0 aromatic heterocycles. The zero-order valence-corrected chi connectivity index (χ0v) is 8.88. The molecule has 4 N–H and O–H groups in total. The number of amides is 2. The van der Waals surface area contributed by atoms with E-state index in [0.29, 0.717) is 12.0 Å². The zero-order valence-electron chi connectivity index (χ0n) is 8.88. The summed E-state index contributed by atoms with van der Waals surface area (Å²) in [5.41, 5.74) is 5.50. The van der Waals surface area contributed by atoms with Crippen LogP contribution in [-0.4, -0.2) is 25.2 Å². The lowest BCUT2D eigenvalue weighted by molar-refractivity contribution is 0.205. The van der Waals surface area contributed by atoms with Gasteiger partial charge in [-0.15, -0.1) is 0 Å². The quantitative estimate of drug-likeness (QED) is 0.574. The van der Waals surface area contributed by atoms with Crippen molar-refractivity contribution in [2.45, 2.75) is 38.6 Å². The number of nitrogens with two attached hydrogens (primary N) is 1. The number of carbonyl (C=O) groups excluding carboxylic acids is 1. The van der Waals surface area contributed by atoms with Crippen molar-refractivity contribution >= 4 is 6.03 Å². The first kappa shape index (κ1) is 11.3. The third-order valence-electron chi connectivity index (χ3n) is 2.72. The normalized spacial score (nSPS) is 25.3. The molecule has 1 rings (SSSR count). The number of unbranched alkanes of at least 4 members (excludes halogenated alkanes) is 1. The molecule has 0 bridgehead atoms. The van der Waals surface area contributed by atoms with Gasteiger partial charge in [0.05, 0.1) is 0 Å². The van der Waals surface area contributed by atoms with Crippen LogP contribution in [0.1, 0.15) is 32.6 Å². The van der Waals surface area contributed by atoms with Gasteiger partial charge in [-0.05, 0) is 31.7 Å². The van der Waals surface area contributed by atoms with Crippen molar-refractivity contribution in [1.82, 2.24) is 10.6 Å². The first-order valence-electron chi connectivity index (χ1n) is 5.50. The lowest BCUT2D eigenvalue weighted by Crippen LogP contribution is -2.49. The largest absolute Gasteiger partial charge is 0.338 e. The molecule has 1 saturated carbocycles. The Balaban J connectivity index is 1.99. The molecule has 0 unspecified atom stereocenters. The number of urea groups is 1. The number of hydrogen-bond acceptors (Lipinski definition) is 2. The van der Waals surface area contributed by atoms with Crippen LogP contribution >= 0.6 is 0 Å². The third kappa shape index (κ3) is 3.54. The van der Waals surface area contributed by atoms with E-state index in [1.165, 1.54) is 0 Å². The highest BCUT2D eigenvalue weighted by atomic mass is 16.2. The maximum atomic E-state index is 11.3. The highest BCUT2D eigenvalue weighted by molar-refractivity contribution is 5.74. The van der Waals surface area contributed by atoms with Gasteiger partial charge in [-0.3, -0.25) is 0 Å². The van der Waals surface area contributed by atoms with Crippen molar-refractivity contribution in [3.05, 3.63) is 0 Å². The van der Waals surface area contributed by atoms with Gasteiger partial charge < -0.3 is 16.4 Å². The van der Waals surface area contributed by atoms with Crippen LogP contribution in [0.2, 0.25) is 0 Å². The second kappa shape index (κ2) is 5.86. The Bertz CT molecular complexity index is 178. The van der Waals surface area contributed by atoms with Crippen molar-refractivity contribution in [3.63, 3.8) is 0 Å².